The van der Waals surface area contributed by atoms with Gasteiger partial charge in [-0.15, -0.1) is 0 Å². The van der Waals surface area contributed by atoms with Crippen molar-refractivity contribution in [2.75, 3.05) is 12.4 Å². The van der Waals surface area contributed by atoms with Crippen LogP contribution in [-0.4, -0.2) is 17.1 Å². The van der Waals surface area contributed by atoms with Gasteiger partial charge in [-0.1, -0.05) is 23.2 Å². The molecule has 0 aliphatic carbocycles. The van der Waals surface area contributed by atoms with Gasteiger partial charge in [0.05, 0.1) is 23.4 Å². The number of hydrogen-bond acceptors (Lipinski definition) is 4. The Balaban J connectivity index is 2.42. The van der Waals surface area contributed by atoms with Gasteiger partial charge in [0.1, 0.15) is 6.33 Å². The van der Waals surface area contributed by atoms with Crippen molar-refractivity contribution < 1.29 is 17.9 Å². The van der Waals surface area contributed by atoms with Gasteiger partial charge < -0.3 is 10.1 Å². The second-order valence-corrected chi connectivity index (χ2v) is 4.63. The van der Waals surface area contributed by atoms with Gasteiger partial charge in [-0.05, 0) is 18.2 Å². The largest absolute Gasteiger partial charge is 0.490 e. The van der Waals surface area contributed by atoms with Crippen LogP contribution in [0.2, 0.25) is 10.2 Å². The summed E-state index contributed by atoms with van der Waals surface area (Å²) in [7, 11) is 1.34. The molecule has 0 saturated heterocycles. The third-order valence-corrected chi connectivity index (χ3v) is 3.11. The monoisotopic (exact) mass is 337 g/mol. The lowest BCUT2D eigenvalue weighted by Gasteiger charge is -2.14. The molecule has 2 aromatic rings. The average molecular weight is 338 g/mol. The van der Waals surface area contributed by atoms with Crippen LogP contribution in [0.4, 0.5) is 24.7 Å². The molecule has 0 fully saturated rings. The summed E-state index contributed by atoms with van der Waals surface area (Å²) in [5, 5.41) is 2.78. The Labute approximate surface area is 127 Å². The number of nitrogens with one attached hydrogen (secondary N) is 1. The van der Waals surface area contributed by atoms with Gasteiger partial charge in [0, 0.05) is 0 Å². The maximum absolute atomic E-state index is 12.7. The lowest BCUT2D eigenvalue weighted by atomic mass is 10.2. The van der Waals surface area contributed by atoms with Crippen LogP contribution in [0.1, 0.15) is 5.56 Å². The molecule has 0 aliphatic heterocycles. The summed E-state index contributed by atoms with van der Waals surface area (Å²) >= 11 is 11.7. The van der Waals surface area contributed by atoms with Crippen LogP contribution in [0.3, 0.4) is 0 Å². The van der Waals surface area contributed by atoms with Crippen molar-refractivity contribution in [3.63, 3.8) is 0 Å². The Hall–Kier alpha value is -1.73. The quantitative estimate of drug-likeness (QED) is 0.834. The third-order valence-electron chi connectivity index (χ3n) is 2.51. The minimum atomic E-state index is -4.48. The van der Waals surface area contributed by atoms with E-state index < -0.39 is 11.7 Å². The fourth-order valence-corrected chi connectivity index (χ4v) is 1.92. The Bertz CT molecular complexity index is 665. The number of methoxy groups -OCH3 is 1. The Morgan fingerprint density at radius 3 is 2.52 bits per heavy atom. The zero-order valence-corrected chi connectivity index (χ0v) is 12.0. The third kappa shape index (κ3) is 3.48. The molecule has 1 aromatic carbocycles. The first-order valence-corrected chi connectivity index (χ1v) is 6.26. The fourth-order valence-electron chi connectivity index (χ4n) is 1.55. The summed E-state index contributed by atoms with van der Waals surface area (Å²) in [5.41, 5.74) is -0.812. The van der Waals surface area contributed by atoms with Crippen LogP contribution in [0.15, 0.2) is 24.5 Å². The molecule has 112 valence electrons. The average Bonchev–Trinajstić information content (AvgIpc) is 2.40. The highest BCUT2D eigenvalue weighted by Gasteiger charge is 2.31. The minimum absolute atomic E-state index is 0.0260. The van der Waals surface area contributed by atoms with E-state index in [1.807, 2.05) is 0 Å². The normalized spacial score (nSPS) is 11.3. The van der Waals surface area contributed by atoms with Crippen molar-refractivity contribution in [1.82, 2.24) is 9.97 Å². The van der Waals surface area contributed by atoms with Crippen molar-refractivity contribution in [2.45, 2.75) is 6.18 Å². The molecule has 1 N–H and O–H groups in total. The van der Waals surface area contributed by atoms with Gasteiger partial charge in [-0.2, -0.15) is 13.2 Å². The summed E-state index contributed by atoms with van der Waals surface area (Å²) < 4.78 is 43.1. The van der Waals surface area contributed by atoms with Crippen LogP contribution in [-0.2, 0) is 6.18 Å². The number of ether oxygens (including phenoxy) is 1. The van der Waals surface area contributed by atoms with E-state index in [9.17, 15) is 13.2 Å². The van der Waals surface area contributed by atoms with Crippen LogP contribution in [0.5, 0.6) is 5.75 Å². The van der Waals surface area contributed by atoms with Gasteiger partial charge in [0.25, 0.3) is 0 Å². The number of alkyl halides is 3. The van der Waals surface area contributed by atoms with Gasteiger partial charge >= 0.3 is 6.18 Å². The minimum Gasteiger partial charge on any atom is -0.490 e. The van der Waals surface area contributed by atoms with E-state index in [1.165, 1.54) is 7.11 Å². The van der Waals surface area contributed by atoms with Crippen molar-refractivity contribution in [3.8, 4) is 5.75 Å². The highest BCUT2D eigenvalue weighted by atomic mass is 35.5. The summed E-state index contributed by atoms with van der Waals surface area (Å²) in [4.78, 5) is 7.57. The molecule has 9 heteroatoms. The van der Waals surface area contributed by atoms with E-state index in [1.54, 1.807) is 0 Å². The van der Waals surface area contributed by atoms with E-state index in [0.717, 1.165) is 24.5 Å². The van der Waals surface area contributed by atoms with Crippen molar-refractivity contribution in [3.05, 3.63) is 40.3 Å². The number of anilines is 2. The van der Waals surface area contributed by atoms with E-state index >= 15 is 0 Å². The molecule has 1 heterocycles. The van der Waals surface area contributed by atoms with Crippen molar-refractivity contribution in [2.24, 2.45) is 0 Å². The lowest BCUT2D eigenvalue weighted by Crippen LogP contribution is -2.06. The van der Waals surface area contributed by atoms with Gasteiger partial charge in [-0.3, -0.25) is 0 Å². The molecule has 0 unspecified atom stereocenters. The first kappa shape index (κ1) is 15.7. The van der Waals surface area contributed by atoms with Crippen LogP contribution >= 0.6 is 23.2 Å². The zero-order valence-electron chi connectivity index (χ0n) is 10.5. The molecule has 1 aromatic heterocycles. The van der Waals surface area contributed by atoms with Crippen LogP contribution < -0.4 is 10.1 Å². The molecular weight excluding hydrogens is 330 g/mol. The van der Waals surface area contributed by atoms with Gasteiger partial charge in [-0.25, -0.2) is 9.97 Å². The summed E-state index contributed by atoms with van der Waals surface area (Å²) in [6.45, 7) is 0. The molecule has 0 radical (unpaired) electrons. The second-order valence-electron chi connectivity index (χ2n) is 3.86. The fraction of sp³-hybridized carbons (Fsp3) is 0.167. The smallest absolute Gasteiger partial charge is 0.416 e. The first-order chi connectivity index (χ1) is 9.82. The maximum atomic E-state index is 12.7. The number of aromatic nitrogens is 2. The SMILES string of the molecule is COc1c(Cl)ncnc1Nc1cc(C(F)(F)F)ccc1Cl. The predicted molar refractivity (Wildman–Crippen MR) is 73.3 cm³/mol. The van der Waals surface area contributed by atoms with E-state index in [2.05, 4.69) is 15.3 Å². The number of halogens is 5. The van der Waals surface area contributed by atoms with Crippen LogP contribution in [0.25, 0.3) is 0 Å². The Kier molecular flexibility index (Phi) is 4.43. The standard InChI is InChI=1S/C12H8Cl2F3N3O/c1-21-9-10(14)18-5-19-11(9)20-8-4-6(12(15,16)17)2-3-7(8)13/h2-5H,1H3,(H,18,19,20). The number of benzene rings is 1. The maximum Gasteiger partial charge on any atom is 0.416 e. The molecular formula is C12H8Cl2F3N3O. The molecule has 21 heavy (non-hydrogen) atoms. The van der Waals surface area contributed by atoms with Crippen molar-refractivity contribution >= 4 is 34.7 Å². The number of rotatable bonds is 3. The Morgan fingerprint density at radius 2 is 1.90 bits per heavy atom. The van der Waals surface area contributed by atoms with Crippen molar-refractivity contribution in [1.29, 1.82) is 0 Å². The highest BCUT2D eigenvalue weighted by molar-refractivity contribution is 6.33. The molecule has 0 spiro atoms. The molecule has 4 nitrogen and oxygen atoms in total. The molecule has 0 amide bonds. The summed E-state index contributed by atoms with van der Waals surface area (Å²) in [6.07, 6.45) is -3.33. The van der Waals surface area contributed by atoms with E-state index in [0.29, 0.717) is 0 Å². The van der Waals surface area contributed by atoms with Gasteiger partial charge in [0.2, 0.25) is 0 Å². The lowest BCUT2D eigenvalue weighted by molar-refractivity contribution is -0.137. The molecule has 0 saturated carbocycles. The summed E-state index contributed by atoms with van der Waals surface area (Å²) in [5.74, 6) is 0.214. The zero-order chi connectivity index (χ0) is 15.6. The predicted octanol–water partition coefficient (Wildman–Crippen LogP) is 4.55. The van der Waals surface area contributed by atoms with E-state index in [-0.39, 0.29) is 27.4 Å². The molecule has 0 aliphatic rings. The highest BCUT2D eigenvalue weighted by Crippen LogP contribution is 2.37. The number of nitrogens with zero attached hydrogens (tertiary/aromatic N) is 2. The van der Waals surface area contributed by atoms with Gasteiger partial charge in [0.15, 0.2) is 16.7 Å². The molecule has 0 atom stereocenters. The van der Waals surface area contributed by atoms with E-state index in [4.69, 9.17) is 27.9 Å². The molecule has 2 rings (SSSR count). The second kappa shape index (κ2) is 5.95. The molecule has 0 bridgehead atoms. The van der Waals surface area contributed by atoms with Crippen LogP contribution in [0, 0.1) is 0 Å². The summed E-state index contributed by atoms with van der Waals surface area (Å²) in [6, 6.07) is 2.90. The first-order valence-electron chi connectivity index (χ1n) is 5.51. The Morgan fingerprint density at radius 1 is 1.19 bits per heavy atom. The number of hydrogen-bond donors (Lipinski definition) is 1. The topological polar surface area (TPSA) is 47.0 Å².